The van der Waals surface area contributed by atoms with Crippen molar-refractivity contribution in [1.82, 2.24) is 10.6 Å². The highest BCUT2D eigenvalue weighted by atomic mass is 16.7. The van der Waals surface area contributed by atoms with Crippen molar-refractivity contribution in [2.75, 3.05) is 33.1 Å². The van der Waals surface area contributed by atoms with Gasteiger partial charge in [-0.25, -0.2) is 0 Å². The molecule has 1 atom stereocenters. The van der Waals surface area contributed by atoms with Crippen LogP contribution in [-0.4, -0.2) is 45.0 Å². The molecule has 1 aromatic carbocycles. The van der Waals surface area contributed by atoms with Gasteiger partial charge >= 0.3 is 0 Å². The van der Waals surface area contributed by atoms with Crippen LogP contribution in [0.4, 0.5) is 0 Å². The maximum Gasteiger partial charge on any atom is 0.244 e. The number of carbonyl (C=O) groups is 1. The standard InChI is InChI=1S/C15H18N2O4/c18-15(17-8-12-9-19-6-5-16-12)4-2-11-1-3-13-14(7-11)21-10-20-13/h1-4,7,12,16H,5-6,8-10H2,(H,17,18)/b4-2+. The van der Waals surface area contributed by atoms with Gasteiger partial charge in [0.1, 0.15) is 0 Å². The Hall–Kier alpha value is -2.05. The van der Waals surface area contributed by atoms with Crippen LogP contribution in [0.5, 0.6) is 11.5 Å². The zero-order valence-electron chi connectivity index (χ0n) is 11.6. The molecule has 1 fully saturated rings. The smallest absolute Gasteiger partial charge is 0.244 e. The first-order valence-electron chi connectivity index (χ1n) is 6.98. The van der Waals surface area contributed by atoms with Crippen molar-refractivity contribution in [3.8, 4) is 11.5 Å². The second-order valence-electron chi connectivity index (χ2n) is 4.92. The molecular weight excluding hydrogens is 272 g/mol. The Bertz CT molecular complexity index is 538. The molecule has 0 radical (unpaired) electrons. The molecule has 112 valence electrons. The number of ether oxygens (including phenoxy) is 3. The lowest BCUT2D eigenvalue weighted by atomic mass is 10.2. The summed E-state index contributed by atoms with van der Waals surface area (Å²) in [6, 6.07) is 5.75. The van der Waals surface area contributed by atoms with Crippen LogP contribution in [-0.2, 0) is 9.53 Å². The number of nitrogens with one attached hydrogen (secondary N) is 2. The molecule has 0 aliphatic carbocycles. The highest BCUT2D eigenvalue weighted by Crippen LogP contribution is 2.32. The second kappa shape index (κ2) is 6.60. The van der Waals surface area contributed by atoms with Gasteiger partial charge in [0, 0.05) is 25.2 Å². The normalized spacial score (nSPS) is 20.7. The van der Waals surface area contributed by atoms with E-state index in [0.717, 1.165) is 24.5 Å². The zero-order chi connectivity index (χ0) is 14.5. The number of carbonyl (C=O) groups excluding carboxylic acids is 1. The van der Waals surface area contributed by atoms with Gasteiger partial charge < -0.3 is 24.8 Å². The number of hydrogen-bond acceptors (Lipinski definition) is 5. The number of hydrogen-bond donors (Lipinski definition) is 2. The molecule has 2 heterocycles. The Morgan fingerprint density at radius 3 is 3.14 bits per heavy atom. The molecule has 1 unspecified atom stereocenters. The van der Waals surface area contributed by atoms with Crippen LogP contribution in [0, 0.1) is 0 Å². The monoisotopic (exact) mass is 290 g/mol. The summed E-state index contributed by atoms with van der Waals surface area (Å²) in [7, 11) is 0. The van der Waals surface area contributed by atoms with Gasteiger partial charge in [0.2, 0.25) is 12.7 Å². The van der Waals surface area contributed by atoms with Crippen molar-refractivity contribution in [1.29, 1.82) is 0 Å². The molecule has 2 aliphatic heterocycles. The van der Waals surface area contributed by atoms with Crippen molar-refractivity contribution in [3.63, 3.8) is 0 Å². The lowest BCUT2D eigenvalue weighted by Gasteiger charge is -2.23. The van der Waals surface area contributed by atoms with Crippen LogP contribution < -0.4 is 20.1 Å². The predicted octanol–water partition coefficient (Wildman–Crippen LogP) is 0.533. The van der Waals surface area contributed by atoms with Crippen LogP contribution in [0.25, 0.3) is 6.08 Å². The quantitative estimate of drug-likeness (QED) is 0.792. The van der Waals surface area contributed by atoms with Crippen LogP contribution >= 0.6 is 0 Å². The molecule has 21 heavy (non-hydrogen) atoms. The van der Waals surface area contributed by atoms with Gasteiger partial charge in [-0.2, -0.15) is 0 Å². The molecule has 0 saturated carbocycles. The third kappa shape index (κ3) is 3.74. The molecule has 1 saturated heterocycles. The molecule has 2 aliphatic rings. The summed E-state index contributed by atoms with van der Waals surface area (Å²) < 4.78 is 15.9. The third-order valence-corrected chi connectivity index (χ3v) is 3.34. The Kier molecular flexibility index (Phi) is 4.37. The largest absolute Gasteiger partial charge is 0.454 e. The van der Waals surface area contributed by atoms with E-state index < -0.39 is 0 Å². The van der Waals surface area contributed by atoms with Crippen LogP contribution in [0.1, 0.15) is 5.56 Å². The Morgan fingerprint density at radius 2 is 2.29 bits per heavy atom. The summed E-state index contributed by atoms with van der Waals surface area (Å²) in [5, 5.41) is 6.13. The topological polar surface area (TPSA) is 68.8 Å². The summed E-state index contributed by atoms with van der Waals surface area (Å²) in [6.07, 6.45) is 3.27. The fourth-order valence-corrected chi connectivity index (χ4v) is 2.22. The summed E-state index contributed by atoms with van der Waals surface area (Å²) in [4.78, 5) is 11.8. The van der Waals surface area contributed by atoms with E-state index in [2.05, 4.69) is 10.6 Å². The average Bonchev–Trinajstić information content (AvgIpc) is 2.99. The number of rotatable bonds is 4. The van der Waals surface area contributed by atoms with E-state index in [-0.39, 0.29) is 18.7 Å². The molecule has 0 aromatic heterocycles. The minimum Gasteiger partial charge on any atom is -0.454 e. The minimum absolute atomic E-state index is 0.125. The van der Waals surface area contributed by atoms with Gasteiger partial charge in [-0.05, 0) is 23.8 Å². The lowest BCUT2D eigenvalue weighted by molar-refractivity contribution is -0.116. The maximum atomic E-state index is 11.8. The summed E-state index contributed by atoms with van der Waals surface area (Å²) in [5.74, 6) is 1.32. The predicted molar refractivity (Wildman–Crippen MR) is 77.2 cm³/mol. The van der Waals surface area contributed by atoms with E-state index in [1.54, 1.807) is 6.08 Å². The molecule has 6 heteroatoms. The Labute approximate surface area is 123 Å². The average molecular weight is 290 g/mol. The highest BCUT2D eigenvalue weighted by Gasteiger charge is 2.14. The van der Waals surface area contributed by atoms with Crippen molar-refractivity contribution < 1.29 is 19.0 Å². The van der Waals surface area contributed by atoms with Gasteiger partial charge in [-0.1, -0.05) is 6.07 Å². The minimum atomic E-state index is -0.125. The van der Waals surface area contributed by atoms with E-state index in [0.29, 0.717) is 18.9 Å². The number of benzene rings is 1. The molecular formula is C15H18N2O4. The second-order valence-corrected chi connectivity index (χ2v) is 4.92. The molecule has 6 nitrogen and oxygen atoms in total. The fraction of sp³-hybridized carbons (Fsp3) is 0.400. The zero-order valence-corrected chi connectivity index (χ0v) is 11.6. The SMILES string of the molecule is O=C(/C=C/c1ccc2c(c1)OCO2)NCC1COCCN1. The highest BCUT2D eigenvalue weighted by molar-refractivity contribution is 5.91. The van der Waals surface area contributed by atoms with E-state index in [9.17, 15) is 4.79 Å². The van der Waals surface area contributed by atoms with Crippen LogP contribution in [0.15, 0.2) is 24.3 Å². The molecule has 3 rings (SSSR count). The van der Waals surface area contributed by atoms with Gasteiger partial charge in [-0.3, -0.25) is 4.79 Å². The van der Waals surface area contributed by atoms with E-state index >= 15 is 0 Å². The van der Waals surface area contributed by atoms with Crippen molar-refractivity contribution in [2.24, 2.45) is 0 Å². The third-order valence-electron chi connectivity index (χ3n) is 3.34. The van der Waals surface area contributed by atoms with Gasteiger partial charge in [0.05, 0.1) is 13.2 Å². The number of amides is 1. The van der Waals surface area contributed by atoms with Crippen molar-refractivity contribution >= 4 is 12.0 Å². The van der Waals surface area contributed by atoms with Crippen LogP contribution in [0.3, 0.4) is 0 Å². The number of fused-ring (bicyclic) bond motifs is 1. The molecule has 1 aromatic rings. The molecule has 0 bridgehead atoms. The Balaban J connectivity index is 1.49. The molecule has 1 amide bonds. The summed E-state index contributed by atoms with van der Waals surface area (Å²) in [6.45, 7) is 3.00. The van der Waals surface area contributed by atoms with E-state index in [1.165, 1.54) is 6.08 Å². The van der Waals surface area contributed by atoms with E-state index in [1.807, 2.05) is 18.2 Å². The fourth-order valence-electron chi connectivity index (χ4n) is 2.22. The number of morpholine rings is 1. The molecule has 2 N–H and O–H groups in total. The lowest BCUT2D eigenvalue weighted by Crippen LogP contribution is -2.48. The summed E-state index contributed by atoms with van der Waals surface area (Å²) in [5.41, 5.74) is 0.897. The Morgan fingerprint density at radius 1 is 1.38 bits per heavy atom. The molecule has 0 spiro atoms. The van der Waals surface area contributed by atoms with Crippen molar-refractivity contribution in [3.05, 3.63) is 29.8 Å². The van der Waals surface area contributed by atoms with Gasteiger partial charge in [-0.15, -0.1) is 0 Å². The first kappa shape index (κ1) is 13.9. The van der Waals surface area contributed by atoms with E-state index in [4.69, 9.17) is 14.2 Å². The maximum absolute atomic E-state index is 11.8. The summed E-state index contributed by atoms with van der Waals surface area (Å²) >= 11 is 0. The first-order chi connectivity index (χ1) is 10.3. The van der Waals surface area contributed by atoms with Gasteiger partial charge in [0.15, 0.2) is 11.5 Å². The first-order valence-corrected chi connectivity index (χ1v) is 6.98. The van der Waals surface area contributed by atoms with Crippen LogP contribution in [0.2, 0.25) is 0 Å². The van der Waals surface area contributed by atoms with Gasteiger partial charge in [0.25, 0.3) is 0 Å². The van der Waals surface area contributed by atoms with Crippen molar-refractivity contribution in [2.45, 2.75) is 6.04 Å².